The van der Waals surface area contributed by atoms with Crippen molar-refractivity contribution in [1.82, 2.24) is 5.32 Å². The highest BCUT2D eigenvalue weighted by Crippen LogP contribution is 2.20. The molecule has 1 rings (SSSR count). The number of esters is 1. The lowest BCUT2D eigenvalue weighted by Gasteiger charge is -2.11. The van der Waals surface area contributed by atoms with E-state index >= 15 is 0 Å². The van der Waals surface area contributed by atoms with Crippen LogP contribution in [0.1, 0.15) is 31.4 Å². The molecule has 6 heteroatoms. The van der Waals surface area contributed by atoms with E-state index in [9.17, 15) is 14.7 Å². The third-order valence-corrected chi connectivity index (χ3v) is 2.88. The van der Waals surface area contributed by atoms with Gasteiger partial charge in [0.15, 0.2) is 0 Å². The van der Waals surface area contributed by atoms with Crippen LogP contribution >= 0.6 is 0 Å². The Morgan fingerprint density at radius 3 is 2.52 bits per heavy atom. The summed E-state index contributed by atoms with van der Waals surface area (Å²) in [5, 5.41) is 12.4. The third-order valence-electron chi connectivity index (χ3n) is 2.88. The van der Waals surface area contributed by atoms with Gasteiger partial charge in [-0.2, -0.15) is 0 Å². The lowest BCUT2D eigenvalue weighted by molar-refractivity contribution is -0.143. The number of aliphatic hydroxyl groups is 1. The molecule has 0 fully saturated rings. The highest BCUT2D eigenvalue weighted by Gasteiger charge is 2.11. The van der Waals surface area contributed by atoms with Crippen LogP contribution in [0.15, 0.2) is 24.3 Å². The molecular formula is C15H21NO5. The summed E-state index contributed by atoms with van der Waals surface area (Å²) in [6.45, 7) is 1.83. The van der Waals surface area contributed by atoms with E-state index in [1.807, 2.05) is 0 Å². The summed E-state index contributed by atoms with van der Waals surface area (Å²) in [5.74, 6) is -0.0599. The fraction of sp³-hybridized carbons (Fsp3) is 0.467. The molecule has 0 aliphatic carbocycles. The molecule has 0 bridgehead atoms. The standard InChI is InChI=1S/C15H21NO5/c1-3-21-15(19)10-16-14(18)9-8-13(17)11-4-6-12(20-2)7-5-11/h4-7,13,17H,3,8-10H2,1-2H3,(H,16,18). The van der Waals surface area contributed by atoms with Crippen molar-refractivity contribution in [2.45, 2.75) is 25.9 Å². The Morgan fingerprint density at radius 2 is 1.95 bits per heavy atom. The smallest absolute Gasteiger partial charge is 0.325 e. The first-order valence-electron chi connectivity index (χ1n) is 6.81. The summed E-state index contributed by atoms with van der Waals surface area (Å²) >= 11 is 0. The topological polar surface area (TPSA) is 84.9 Å². The predicted octanol–water partition coefficient (Wildman–Crippen LogP) is 1.19. The first-order valence-corrected chi connectivity index (χ1v) is 6.81. The maximum Gasteiger partial charge on any atom is 0.325 e. The largest absolute Gasteiger partial charge is 0.497 e. The van der Waals surface area contributed by atoms with Crippen LogP contribution in [0.5, 0.6) is 5.75 Å². The second kappa shape index (κ2) is 8.97. The van der Waals surface area contributed by atoms with E-state index in [1.165, 1.54) is 0 Å². The second-order valence-corrected chi connectivity index (χ2v) is 4.41. The van der Waals surface area contributed by atoms with E-state index in [2.05, 4.69) is 5.32 Å². The highest BCUT2D eigenvalue weighted by atomic mass is 16.5. The third kappa shape index (κ3) is 6.27. The van der Waals surface area contributed by atoms with Crippen molar-refractivity contribution in [2.24, 2.45) is 0 Å². The van der Waals surface area contributed by atoms with Crippen molar-refractivity contribution in [3.63, 3.8) is 0 Å². The number of methoxy groups -OCH3 is 1. The molecule has 0 aromatic heterocycles. The van der Waals surface area contributed by atoms with Crippen molar-refractivity contribution in [2.75, 3.05) is 20.3 Å². The Labute approximate surface area is 124 Å². The zero-order valence-electron chi connectivity index (χ0n) is 12.3. The number of aliphatic hydroxyl groups excluding tert-OH is 1. The molecule has 2 N–H and O–H groups in total. The summed E-state index contributed by atoms with van der Waals surface area (Å²) < 4.78 is 9.73. The van der Waals surface area contributed by atoms with Crippen LogP contribution in [-0.4, -0.2) is 37.2 Å². The summed E-state index contributed by atoms with van der Waals surface area (Å²) in [6, 6.07) is 7.00. The minimum atomic E-state index is -0.732. The van der Waals surface area contributed by atoms with E-state index in [0.29, 0.717) is 11.3 Å². The molecule has 1 aromatic carbocycles. The number of hydrogen-bond donors (Lipinski definition) is 2. The number of carbonyl (C=O) groups excluding carboxylic acids is 2. The molecule has 0 heterocycles. The Bertz CT molecular complexity index is 458. The molecule has 21 heavy (non-hydrogen) atoms. The number of rotatable bonds is 8. The average molecular weight is 295 g/mol. The predicted molar refractivity (Wildman–Crippen MR) is 76.8 cm³/mol. The van der Waals surface area contributed by atoms with Crippen LogP contribution in [0, 0.1) is 0 Å². The first-order chi connectivity index (χ1) is 10.1. The SMILES string of the molecule is CCOC(=O)CNC(=O)CCC(O)c1ccc(OC)cc1. The normalized spacial score (nSPS) is 11.6. The lowest BCUT2D eigenvalue weighted by Crippen LogP contribution is -2.30. The van der Waals surface area contributed by atoms with Gasteiger partial charge in [0, 0.05) is 6.42 Å². The van der Waals surface area contributed by atoms with Crippen LogP contribution in [0.25, 0.3) is 0 Å². The minimum absolute atomic E-state index is 0.132. The number of nitrogens with one attached hydrogen (secondary N) is 1. The fourth-order valence-corrected chi connectivity index (χ4v) is 1.73. The number of benzene rings is 1. The van der Waals surface area contributed by atoms with Crippen LogP contribution in [0.3, 0.4) is 0 Å². The molecule has 6 nitrogen and oxygen atoms in total. The number of hydrogen-bond acceptors (Lipinski definition) is 5. The molecule has 1 aromatic rings. The molecule has 1 atom stereocenters. The number of amides is 1. The van der Waals surface area contributed by atoms with Crippen molar-refractivity contribution in [3.8, 4) is 5.75 Å². The van der Waals surface area contributed by atoms with Crippen molar-refractivity contribution in [1.29, 1.82) is 0 Å². The zero-order chi connectivity index (χ0) is 15.7. The summed E-state index contributed by atoms with van der Waals surface area (Å²) in [6.07, 6.45) is -0.322. The van der Waals surface area contributed by atoms with Crippen molar-refractivity contribution < 1.29 is 24.2 Å². The van der Waals surface area contributed by atoms with Crippen LogP contribution < -0.4 is 10.1 Å². The quantitative estimate of drug-likeness (QED) is 0.704. The lowest BCUT2D eigenvalue weighted by atomic mass is 10.0. The van der Waals surface area contributed by atoms with Gasteiger partial charge in [-0.05, 0) is 31.0 Å². The van der Waals surface area contributed by atoms with Crippen molar-refractivity contribution in [3.05, 3.63) is 29.8 Å². The Hall–Kier alpha value is -2.08. The maximum atomic E-state index is 11.5. The van der Waals surface area contributed by atoms with Gasteiger partial charge in [0.1, 0.15) is 12.3 Å². The van der Waals surface area contributed by atoms with Crippen LogP contribution in [-0.2, 0) is 14.3 Å². The van der Waals surface area contributed by atoms with Crippen molar-refractivity contribution >= 4 is 11.9 Å². The van der Waals surface area contributed by atoms with E-state index in [0.717, 1.165) is 0 Å². The molecule has 0 saturated heterocycles. The van der Waals surface area contributed by atoms with Gasteiger partial charge >= 0.3 is 5.97 Å². The average Bonchev–Trinajstić information content (AvgIpc) is 2.51. The summed E-state index contributed by atoms with van der Waals surface area (Å²) in [4.78, 5) is 22.6. The molecule has 0 radical (unpaired) electrons. The first kappa shape index (κ1) is 17.0. The summed E-state index contributed by atoms with van der Waals surface area (Å²) in [5.41, 5.74) is 0.717. The minimum Gasteiger partial charge on any atom is -0.497 e. The van der Waals surface area contributed by atoms with Crippen LogP contribution in [0.2, 0.25) is 0 Å². The van der Waals surface area contributed by atoms with Gasteiger partial charge in [0.2, 0.25) is 5.91 Å². The van der Waals surface area contributed by atoms with E-state index in [4.69, 9.17) is 9.47 Å². The van der Waals surface area contributed by atoms with Gasteiger partial charge in [-0.25, -0.2) is 0 Å². The fourth-order valence-electron chi connectivity index (χ4n) is 1.73. The molecule has 0 aliphatic rings. The molecule has 0 saturated carbocycles. The molecule has 1 amide bonds. The Kier molecular flexibility index (Phi) is 7.25. The molecule has 0 spiro atoms. The Morgan fingerprint density at radius 1 is 1.29 bits per heavy atom. The molecule has 1 unspecified atom stereocenters. The number of carbonyl (C=O) groups is 2. The molecule has 116 valence electrons. The zero-order valence-corrected chi connectivity index (χ0v) is 12.3. The monoisotopic (exact) mass is 295 g/mol. The second-order valence-electron chi connectivity index (χ2n) is 4.41. The van der Waals surface area contributed by atoms with Gasteiger partial charge in [-0.3, -0.25) is 9.59 Å². The van der Waals surface area contributed by atoms with Gasteiger partial charge in [-0.15, -0.1) is 0 Å². The van der Waals surface area contributed by atoms with E-state index < -0.39 is 12.1 Å². The number of ether oxygens (including phenoxy) is 2. The van der Waals surface area contributed by atoms with Gasteiger partial charge < -0.3 is 19.9 Å². The molecule has 0 aliphatic heterocycles. The van der Waals surface area contributed by atoms with E-state index in [1.54, 1.807) is 38.3 Å². The Balaban J connectivity index is 2.32. The molecular weight excluding hydrogens is 274 g/mol. The van der Waals surface area contributed by atoms with Gasteiger partial charge in [0.05, 0.1) is 19.8 Å². The van der Waals surface area contributed by atoms with Gasteiger partial charge in [0.25, 0.3) is 0 Å². The summed E-state index contributed by atoms with van der Waals surface area (Å²) in [7, 11) is 1.57. The maximum absolute atomic E-state index is 11.5. The highest BCUT2D eigenvalue weighted by molar-refractivity contribution is 5.81. The van der Waals surface area contributed by atoms with E-state index in [-0.39, 0.29) is 31.9 Å². The van der Waals surface area contributed by atoms with Gasteiger partial charge in [-0.1, -0.05) is 12.1 Å². The van der Waals surface area contributed by atoms with Crippen LogP contribution in [0.4, 0.5) is 0 Å².